The fourth-order valence-electron chi connectivity index (χ4n) is 7.11. The molecule has 0 rings (SSSR count). The van der Waals surface area contributed by atoms with E-state index in [1.807, 2.05) is 0 Å². The summed E-state index contributed by atoms with van der Waals surface area (Å²) in [5.41, 5.74) is 0. The first-order valence-electron chi connectivity index (χ1n) is 23.7. The maximum atomic E-state index is 12.6. The highest BCUT2D eigenvalue weighted by Gasteiger charge is 2.19. The number of carbonyl (C=O) groups excluding carboxylic acids is 3. The summed E-state index contributed by atoms with van der Waals surface area (Å²) in [6.45, 7) is 11.3. The SMILES string of the molecule is CCCCCCCCCC(=O)O[C@@H](COC(=O)CCCCCCCCCCCCCCCCC(C)C)COC(=O)CCCCCCCCCCCC(C)C. The third-order valence-corrected chi connectivity index (χ3v) is 10.7. The normalized spacial score (nSPS) is 12.1. The van der Waals surface area contributed by atoms with Crippen LogP contribution in [0.15, 0.2) is 0 Å². The van der Waals surface area contributed by atoms with Crippen LogP contribution in [0.25, 0.3) is 0 Å². The molecule has 0 saturated carbocycles. The van der Waals surface area contributed by atoms with Crippen molar-refractivity contribution in [2.75, 3.05) is 13.2 Å². The van der Waals surface area contributed by atoms with E-state index >= 15 is 0 Å². The lowest BCUT2D eigenvalue weighted by Gasteiger charge is -2.18. The fraction of sp³-hybridized carbons (Fsp3) is 0.938. The number of rotatable bonds is 42. The summed E-state index contributed by atoms with van der Waals surface area (Å²) in [4.78, 5) is 37.6. The van der Waals surface area contributed by atoms with Crippen LogP contribution < -0.4 is 0 Å². The molecule has 0 aromatic carbocycles. The Balaban J connectivity index is 4.19. The first kappa shape index (κ1) is 52.4. The van der Waals surface area contributed by atoms with Crippen molar-refractivity contribution in [1.82, 2.24) is 0 Å². The van der Waals surface area contributed by atoms with Crippen LogP contribution >= 0.6 is 0 Å². The summed E-state index contributed by atoms with van der Waals surface area (Å²) in [5, 5.41) is 0. The zero-order chi connectivity index (χ0) is 39.7. The predicted molar refractivity (Wildman–Crippen MR) is 229 cm³/mol. The van der Waals surface area contributed by atoms with Gasteiger partial charge in [-0.2, -0.15) is 0 Å². The molecule has 0 radical (unpaired) electrons. The van der Waals surface area contributed by atoms with Crippen molar-refractivity contribution in [3.63, 3.8) is 0 Å². The van der Waals surface area contributed by atoms with Gasteiger partial charge < -0.3 is 14.2 Å². The van der Waals surface area contributed by atoms with Gasteiger partial charge in [-0.25, -0.2) is 0 Å². The molecule has 0 aromatic rings. The van der Waals surface area contributed by atoms with Gasteiger partial charge in [-0.1, -0.05) is 221 Å². The molecule has 0 aromatic heterocycles. The summed E-state index contributed by atoms with van der Waals surface area (Å²) in [6.07, 6.45) is 39.6. The van der Waals surface area contributed by atoms with Gasteiger partial charge in [0.2, 0.25) is 0 Å². The molecule has 0 fully saturated rings. The Labute approximate surface area is 336 Å². The highest BCUT2D eigenvalue weighted by molar-refractivity contribution is 5.71. The van der Waals surface area contributed by atoms with Crippen molar-refractivity contribution in [2.24, 2.45) is 11.8 Å². The van der Waals surface area contributed by atoms with Crippen molar-refractivity contribution in [2.45, 2.75) is 265 Å². The Morgan fingerprint density at radius 1 is 0.352 bits per heavy atom. The maximum Gasteiger partial charge on any atom is 0.306 e. The number of ether oxygens (including phenoxy) is 3. The van der Waals surface area contributed by atoms with Gasteiger partial charge in [-0.05, 0) is 31.1 Å². The molecular formula is C48H92O6. The third-order valence-electron chi connectivity index (χ3n) is 10.7. The molecule has 0 aliphatic rings. The zero-order valence-corrected chi connectivity index (χ0v) is 36.8. The molecule has 0 heterocycles. The molecular weight excluding hydrogens is 673 g/mol. The summed E-state index contributed by atoms with van der Waals surface area (Å²) in [7, 11) is 0. The molecule has 0 amide bonds. The number of esters is 3. The van der Waals surface area contributed by atoms with Gasteiger partial charge in [-0.15, -0.1) is 0 Å². The average Bonchev–Trinajstić information content (AvgIpc) is 3.14. The molecule has 0 aliphatic heterocycles. The quantitative estimate of drug-likeness (QED) is 0.0350. The molecule has 0 N–H and O–H groups in total. The van der Waals surface area contributed by atoms with Gasteiger partial charge in [0, 0.05) is 19.3 Å². The minimum absolute atomic E-state index is 0.0650. The van der Waals surface area contributed by atoms with Crippen molar-refractivity contribution < 1.29 is 28.6 Å². The second kappa shape index (κ2) is 41.1. The molecule has 6 heteroatoms. The van der Waals surface area contributed by atoms with Crippen LogP contribution in [0.5, 0.6) is 0 Å². The van der Waals surface area contributed by atoms with E-state index in [0.29, 0.717) is 19.3 Å². The minimum Gasteiger partial charge on any atom is -0.462 e. The van der Waals surface area contributed by atoms with Crippen molar-refractivity contribution in [1.29, 1.82) is 0 Å². The van der Waals surface area contributed by atoms with Crippen LogP contribution in [0.2, 0.25) is 0 Å². The molecule has 54 heavy (non-hydrogen) atoms. The highest BCUT2D eigenvalue weighted by atomic mass is 16.6. The summed E-state index contributed by atoms with van der Waals surface area (Å²) in [6, 6.07) is 0. The van der Waals surface area contributed by atoms with E-state index < -0.39 is 6.10 Å². The molecule has 0 unspecified atom stereocenters. The standard InChI is InChI=1S/C48H92O6/c1-6-7-8-9-21-30-35-40-48(51)54-45(42-53-47(50)39-34-29-25-20-16-18-23-27-32-37-44(4)5)41-52-46(49)38-33-28-24-19-15-13-11-10-12-14-17-22-26-31-36-43(2)3/h43-45H,6-42H2,1-5H3/t45-/m0/s1. The predicted octanol–water partition coefficient (Wildman–Crippen LogP) is 15.0. The lowest BCUT2D eigenvalue weighted by Crippen LogP contribution is -2.30. The molecule has 1 atom stereocenters. The molecule has 0 saturated heterocycles. The second-order valence-electron chi connectivity index (χ2n) is 17.3. The first-order chi connectivity index (χ1) is 26.2. The molecule has 320 valence electrons. The first-order valence-corrected chi connectivity index (χ1v) is 23.7. The zero-order valence-electron chi connectivity index (χ0n) is 36.8. The highest BCUT2D eigenvalue weighted by Crippen LogP contribution is 2.17. The number of carbonyl (C=O) groups is 3. The Hall–Kier alpha value is -1.59. The molecule has 6 nitrogen and oxygen atoms in total. The van der Waals surface area contributed by atoms with E-state index in [2.05, 4.69) is 34.6 Å². The number of hydrogen-bond acceptors (Lipinski definition) is 6. The Bertz CT molecular complexity index is 824. The monoisotopic (exact) mass is 765 g/mol. The van der Waals surface area contributed by atoms with Gasteiger partial charge >= 0.3 is 17.9 Å². The van der Waals surface area contributed by atoms with Gasteiger partial charge in [0.05, 0.1) is 0 Å². The topological polar surface area (TPSA) is 78.9 Å². The molecule has 0 bridgehead atoms. The number of hydrogen-bond donors (Lipinski definition) is 0. The Kier molecular flexibility index (Phi) is 39.8. The van der Waals surface area contributed by atoms with Crippen molar-refractivity contribution >= 4 is 17.9 Å². The lowest BCUT2D eigenvalue weighted by atomic mass is 10.0. The number of unbranched alkanes of at least 4 members (excludes halogenated alkanes) is 27. The van der Waals surface area contributed by atoms with Crippen molar-refractivity contribution in [3.8, 4) is 0 Å². The van der Waals surface area contributed by atoms with Gasteiger partial charge in [0.1, 0.15) is 13.2 Å². The van der Waals surface area contributed by atoms with E-state index in [9.17, 15) is 14.4 Å². The van der Waals surface area contributed by atoms with E-state index in [1.165, 1.54) is 148 Å². The van der Waals surface area contributed by atoms with Crippen molar-refractivity contribution in [3.05, 3.63) is 0 Å². The van der Waals surface area contributed by atoms with Gasteiger partial charge in [-0.3, -0.25) is 14.4 Å². The Morgan fingerprint density at radius 3 is 0.907 bits per heavy atom. The Morgan fingerprint density at radius 2 is 0.611 bits per heavy atom. The molecule has 0 aliphatic carbocycles. The lowest BCUT2D eigenvalue weighted by molar-refractivity contribution is -0.167. The fourth-order valence-corrected chi connectivity index (χ4v) is 7.11. The minimum atomic E-state index is -0.759. The van der Waals surface area contributed by atoms with Crippen LogP contribution in [0.1, 0.15) is 259 Å². The van der Waals surface area contributed by atoms with Gasteiger partial charge in [0.25, 0.3) is 0 Å². The van der Waals surface area contributed by atoms with Crippen LogP contribution in [0.4, 0.5) is 0 Å². The van der Waals surface area contributed by atoms with E-state index in [4.69, 9.17) is 14.2 Å². The third kappa shape index (κ3) is 41.6. The van der Waals surface area contributed by atoms with Gasteiger partial charge in [0.15, 0.2) is 6.10 Å². The van der Waals surface area contributed by atoms with Crippen LogP contribution in [0, 0.1) is 11.8 Å². The van der Waals surface area contributed by atoms with Crippen LogP contribution in [-0.2, 0) is 28.6 Å². The average molecular weight is 765 g/mol. The maximum absolute atomic E-state index is 12.6. The van der Waals surface area contributed by atoms with Crippen LogP contribution in [0.3, 0.4) is 0 Å². The summed E-state index contributed by atoms with van der Waals surface area (Å²) in [5.74, 6) is 0.792. The second-order valence-corrected chi connectivity index (χ2v) is 17.3. The van der Waals surface area contributed by atoms with E-state index in [1.54, 1.807) is 0 Å². The van der Waals surface area contributed by atoms with Crippen LogP contribution in [-0.4, -0.2) is 37.2 Å². The summed E-state index contributed by atoms with van der Waals surface area (Å²) >= 11 is 0. The summed E-state index contributed by atoms with van der Waals surface area (Å²) < 4.78 is 16.7. The molecule has 0 spiro atoms. The van der Waals surface area contributed by atoms with E-state index in [0.717, 1.165) is 69.6 Å². The van der Waals surface area contributed by atoms with E-state index in [-0.39, 0.29) is 31.1 Å². The smallest absolute Gasteiger partial charge is 0.306 e. The largest absolute Gasteiger partial charge is 0.462 e.